The van der Waals surface area contributed by atoms with E-state index in [0.717, 1.165) is 12.1 Å². The van der Waals surface area contributed by atoms with Gasteiger partial charge in [0.05, 0.1) is 0 Å². The van der Waals surface area contributed by atoms with Gasteiger partial charge in [-0.15, -0.1) is 0 Å². The predicted octanol–water partition coefficient (Wildman–Crippen LogP) is 3.83. The molecule has 0 bridgehead atoms. The molecule has 0 aliphatic heterocycles. The summed E-state index contributed by atoms with van der Waals surface area (Å²) < 4.78 is 19.0. The molecule has 0 amide bonds. The van der Waals surface area contributed by atoms with E-state index in [1.807, 2.05) is 6.92 Å². The standard InChI is InChI=1S/C16H24FNO/c1-13-8-9-15(17)16(12-13)19-11-10-18-14-6-4-2-3-5-7-14/h8-9,12,14,18H,2-7,10-11H2,1H3. The molecule has 3 heteroatoms. The molecule has 2 rings (SSSR count). The van der Waals surface area contributed by atoms with Gasteiger partial charge in [0.1, 0.15) is 6.61 Å². The van der Waals surface area contributed by atoms with Crippen LogP contribution in [-0.4, -0.2) is 19.2 Å². The quantitative estimate of drug-likeness (QED) is 0.645. The van der Waals surface area contributed by atoms with Crippen LogP contribution in [0.5, 0.6) is 5.75 Å². The van der Waals surface area contributed by atoms with Gasteiger partial charge in [0.25, 0.3) is 0 Å². The zero-order valence-corrected chi connectivity index (χ0v) is 11.8. The van der Waals surface area contributed by atoms with Crippen LogP contribution in [0.4, 0.5) is 4.39 Å². The van der Waals surface area contributed by atoms with Gasteiger partial charge in [-0.2, -0.15) is 0 Å². The minimum absolute atomic E-state index is 0.278. The molecule has 106 valence electrons. The van der Waals surface area contributed by atoms with Crippen molar-refractivity contribution in [1.82, 2.24) is 5.32 Å². The van der Waals surface area contributed by atoms with Crippen molar-refractivity contribution in [2.75, 3.05) is 13.2 Å². The van der Waals surface area contributed by atoms with Crippen molar-refractivity contribution in [3.63, 3.8) is 0 Å². The van der Waals surface area contributed by atoms with Crippen molar-refractivity contribution in [3.8, 4) is 5.75 Å². The first-order valence-corrected chi connectivity index (χ1v) is 7.38. The number of rotatable bonds is 5. The molecule has 0 spiro atoms. The van der Waals surface area contributed by atoms with Gasteiger partial charge in [0.15, 0.2) is 11.6 Å². The second kappa shape index (κ2) is 7.49. The predicted molar refractivity (Wildman–Crippen MR) is 76.1 cm³/mol. The molecule has 1 saturated carbocycles. The Bertz CT molecular complexity index is 386. The molecular weight excluding hydrogens is 241 g/mol. The van der Waals surface area contributed by atoms with Crippen LogP contribution in [0.25, 0.3) is 0 Å². The third kappa shape index (κ3) is 4.83. The van der Waals surface area contributed by atoms with Gasteiger partial charge in [-0.3, -0.25) is 0 Å². The molecule has 0 heterocycles. The minimum atomic E-state index is -0.278. The van der Waals surface area contributed by atoms with Crippen LogP contribution in [0.15, 0.2) is 18.2 Å². The summed E-state index contributed by atoms with van der Waals surface area (Å²) in [6.07, 6.45) is 7.90. The van der Waals surface area contributed by atoms with Crippen molar-refractivity contribution in [3.05, 3.63) is 29.6 Å². The van der Waals surface area contributed by atoms with Crippen LogP contribution in [0.3, 0.4) is 0 Å². The van der Waals surface area contributed by atoms with E-state index in [2.05, 4.69) is 5.32 Å². The van der Waals surface area contributed by atoms with Crippen molar-refractivity contribution >= 4 is 0 Å². The zero-order chi connectivity index (χ0) is 13.5. The van der Waals surface area contributed by atoms with Crippen LogP contribution in [-0.2, 0) is 0 Å². The third-order valence-corrected chi connectivity index (χ3v) is 3.73. The maximum atomic E-state index is 13.5. The molecule has 1 aromatic rings. The lowest BCUT2D eigenvalue weighted by Gasteiger charge is -2.16. The average molecular weight is 265 g/mol. The molecule has 1 aliphatic rings. The Morgan fingerprint density at radius 3 is 2.68 bits per heavy atom. The SMILES string of the molecule is Cc1ccc(F)c(OCCNC2CCCCCC2)c1. The minimum Gasteiger partial charge on any atom is -0.489 e. The Labute approximate surface area is 115 Å². The first kappa shape index (κ1) is 14.3. The van der Waals surface area contributed by atoms with Crippen LogP contribution < -0.4 is 10.1 Å². The fourth-order valence-electron chi connectivity index (χ4n) is 2.63. The van der Waals surface area contributed by atoms with Gasteiger partial charge in [-0.25, -0.2) is 4.39 Å². The summed E-state index contributed by atoms with van der Waals surface area (Å²) in [6.45, 7) is 3.25. The first-order chi connectivity index (χ1) is 9.25. The lowest BCUT2D eigenvalue weighted by molar-refractivity contribution is 0.287. The summed E-state index contributed by atoms with van der Waals surface area (Å²) in [5.74, 6) is 0.0859. The molecule has 2 nitrogen and oxygen atoms in total. The number of halogens is 1. The Morgan fingerprint density at radius 2 is 1.95 bits per heavy atom. The van der Waals surface area contributed by atoms with E-state index < -0.39 is 0 Å². The van der Waals surface area contributed by atoms with E-state index in [1.165, 1.54) is 44.6 Å². The Balaban J connectivity index is 1.69. The van der Waals surface area contributed by atoms with Gasteiger partial charge >= 0.3 is 0 Å². The molecule has 0 radical (unpaired) electrons. The van der Waals surface area contributed by atoms with Crippen LogP contribution in [0.1, 0.15) is 44.1 Å². The lowest BCUT2D eigenvalue weighted by atomic mass is 10.1. The molecule has 1 fully saturated rings. The highest BCUT2D eigenvalue weighted by atomic mass is 19.1. The van der Waals surface area contributed by atoms with Crippen molar-refractivity contribution in [2.24, 2.45) is 0 Å². The normalized spacial score (nSPS) is 17.2. The highest BCUT2D eigenvalue weighted by molar-refractivity contribution is 5.29. The maximum absolute atomic E-state index is 13.5. The molecule has 0 aromatic heterocycles. The van der Waals surface area contributed by atoms with E-state index in [9.17, 15) is 4.39 Å². The van der Waals surface area contributed by atoms with Gasteiger partial charge in [-0.05, 0) is 37.5 Å². The molecule has 19 heavy (non-hydrogen) atoms. The fraction of sp³-hybridized carbons (Fsp3) is 0.625. The lowest BCUT2D eigenvalue weighted by Crippen LogP contribution is -2.32. The maximum Gasteiger partial charge on any atom is 0.165 e. The van der Waals surface area contributed by atoms with E-state index in [4.69, 9.17) is 4.74 Å². The number of nitrogens with one attached hydrogen (secondary N) is 1. The topological polar surface area (TPSA) is 21.3 Å². The van der Waals surface area contributed by atoms with Gasteiger partial charge < -0.3 is 10.1 Å². The second-order valence-electron chi connectivity index (χ2n) is 5.42. The number of ether oxygens (including phenoxy) is 1. The van der Waals surface area contributed by atoms with Crippen LogP contribution >= 0.6 is 0 Å². The summed E-state index contributed by atoms with van der Waals surface area (Å²) >= 11 is 0. The Kier molecular flexibility index (Phi) is 5.64. The first-order valence-electron chi connectivity index (χ1n) is 7.38. The number of benzene rings is 1. The summed E-state index contributed by atoms with van der Waals surface area (Å²) in [5.41, 5.74) is 1.02. The highest BCUT2D eigenvalue weighted by Gasteiger charge is 2.11. The molecule has 0 saturated heterocycles. The summed E-state index contributed by atoms with van der Waals surface area (Å²) in [5, 5.41) is 3.52. The monoisotopic (exact) mass is 265 g/mol. The van der Waals surface area contributed by atoms with Crippen molar-refractivity contribution in [1.29, 1.82) is 0 Å². The highest BCUT2D eigenvalue weighted by Crippen LogP contribution is 2.19. The molecule has 0 unspecified atom stereocenters. The van der Waals surface area contributed by atoms with E-state index >= 15 is 0 Å². The second-order valence-corrected chi connectivity index (χ2v) is 5.42. The Morgan fingerprint density at radius 1 is 1.21 bits per heavy atom. The summed E-state index contributed by atoms with van der Waals surface area (Å²) in [6, 6.07) is 5.59. The molecule has 0 atom stereocenters. The van der Waals surface area contributed by atoms with Crippen LogP contribution in [0.2, 0.25) is 0 Å². The molecular formula is C16H24FNO. The van der Waals surface area contributed by atoms with E-state index in [0.29, 0.717) is 18.4 Å². The van der Waals surface area contributed by atoms with Gasteiger partial charge in [0, 0.05) is 12.6 Å². The number of hydrogen-bond acceptors (Lipinski definition) is 2. The zero-order valence-electron chi connectivity index (χ0n) is 11.8. The van der Waals surface area contributed by atoms with E-state index in [1.54, 1.807) is 12.1 Å². The molecule has 1 aromatic carbocycles. The Hall–Kier alpha value is -1.09. The number of aryl methyl sites for hydroxylation is 1. The average Bonchev–Trinajstić information content (AvgIpc) is 2.67. The molecule has 1 aliphatic carbocycles. The van der Waals surface area contributed by atoms with Gasteiger partial charge in [0.2, 0.25) is 0 Å². The molecule has 1 N–H and O–H groups in total. The summed E-state index contributed by atoms with van der Waals surface area (Å²) in [7, 11) is 0. The van der Waals surface area contributed by atoms with Crippen LogP contribution in [0, 0.1) is 12.7 Å². The third-order valence-electron chi connectivity index (χ3n) is 3.73. The smallest absolute Gasteiger partial charge is 0.165 e. The fourth-order valence-corrected chi connectivity index (χ4v) is 2.63. The van der Waals surface area contributed by atoms with Gasteiger partial charge in [-0.1, -0.05) is 31.7 Å². The summed E-state index contributed by atoms with van der Waals surface area (Å²) in [4.78, 5) is 0. The number of hydrogen-bond donors (Lipinski definition) is 1. The largest absolute Gasteiger partial charge is 0.489 e. The van der Waals surface area contributed by atoms with Crippen molar-refractivity contribution in [2.45, 2.75) is 51.5 Å². The van der Waals surface area contributed by atoms with E-state index in [-0.39, 0.29) is 5.82 Å². The van der Waals surface area contributed by atoms with Crippen molar-refractivity contribution < 1.29 is 9.13 Å².